The molecule has 0 amide bonds. The van der Waals surface area contributed by atoms with E-state index < -0.39 is 5.97 Å². The first-order chi connectivity index (χ1) is 8.40. The summed E-state index contributed by atoms with van der Waals surface area (Å²) in [6, 6.07) is 0. The molecule has 18 heavy (non-hydrogen) atoms. The van der Waals surface area contributed by atoms with E-state index in [-0.39, 0.29) is 18.0 Å². The van der Waals surface area contributed by atoms with Crippen molar-refractivity contribution in [3.05, 3.63) is 23.8 Å². The lowest BCUT2D eigenvalue weighted by Crippen LogP contribution is -2.24. The summed E-state index contributed by atoms with van der Waals surface area (Å²) < 4.78 is 5.28. The van der Waals surface area contributed by atoms with Gasteiger partial charge in [-0.25, -0.2) is 9.59 Å². The summed E-state index contributed by atoms with van der Waals surface area (Å²) in [5.41, 5.74) is 0.802. The van der Waals surface area contributed by atoms with Gasteiger partial charge in [-0.15, -0.1) is 0 Å². The highest BCUT2D eigenvalue weighted by Gasteiger charge is 2.23. The van der Waals surface area contributed by atoms with Gasteiger partial charge in [-0.1, -0.05) is 12.7 Å². The second-order valence-electron chi connectivity index (χ2n) is 4.88. The van der Waals surface area contributed by atoms with Crippen LogP contribution in [0.4, 0.5) is 0 Å². The third kappa shape index (κ3) is 4.35. The normalized spacial score (nSPS) is 24.4. The zero-order valence-corrected chi connectivity index (χ0v) is 10.9. The molecule has 0 aromatic heterocycles. The van der Waals surface area contributed by atoms with E-state index in [9.17, 15) is 9.59 Å². The van der Waals surface area contributed by atoms with Gasteiger partial charge >= 0.3 is 11.9 Å². The van der Waals surface area contributed by atoms with E-state index in [2.05, 4.69) is 6.58 Å². The lowest BCUT2D eigenvalue weighted by Gasteiger charge is -2.26. The van der Waals surface area contributed by atoms with Crippen LogP contribution in [0, 0.1) is 5.92 Å². The number of hydrogen-bond donors (Lipinski definition) is 1. The summed E-state index contributed by atoms with van der Waals surface area (Å²) in [6.45, 7) is 6.78. The Bertz CT molecular complexity index is 373. The number of carbonyl (C=O) groups excluding carboxylic acids is 1. The number of esters is 1. The largest absolute Gasteiger partial charge is 0.478 e. The molecule has 0 radical (unpaired) electrons. The van der Waals surface area contributed by atoms with Gasteiger partial charge in [-0.05, 0) is 45.4 Å². The maximum absolute atomic E-state index is 11.3. The van der Waals surface area contributed by atoms with Gasteiger partial charge in [0.15, 0.2) is 0 Å². The molecule has 0 aromatic rings. The van der Waals surface area contributed by atoms with Gasteiger partial charge in [0.05, 0.1) is 0 Å². The number of aliphatic carboxylic acids is 1. The Kier molecular flexibility index (Phi) is 5.13. The van der Waals surface area contributed by atoms with Crippen LogP contribution in [0.1, 0.15) is 39.5 Å². The Hall–Kier alpha value is -1.58. The fourth-order valence-corrected chi connectivity index (χ4v) is 2.05. The Morgan fingerprint density at radius 3 is 2.22 bits per heavy atom. The molecule has 1 rings (SSSR count). The van der Waals surface area contributed by atoms with Crippen molar-refractivity contribution in [1.29, 1.82) is 0 Å². The van der Waals surface area contributed by atoms with Gasteiger partial charge in [0.1, 0.15) is 6.10 Å². The van der Waals surface area contributed by atoms with E-state index in [0.29, 0.717) is 11.1 Å². The molecule has 0 saturated heterocycles. The minimum absolute atomic E-state index is 0.0519. The summed E-state index contributed by atoms with van der Waals surface area (Å²) in [7, 11) is 0. The molecule has 100 valence electrons. The van der Waals surface area contributed by atoms with Gasteiger partial charge < -0.3 is 9.84 Å². The molecule has 0 spiro atoms. The summed E-state index contributed by atoms with van der Waals surface area (Å²) >= 11 is 0. The summed E-state index contributed by atoms with van der Waals surface area (Å²) in [4.78, 5) is 22.1. The van der Waals surface area contributed by atoms with Crippen LogP contribution in [-0.4, -0.2) is 23.1 Å². The maximum Gasteiger partial charge on any atom is 0.333 e. The van der Waals surface area contributed by atoms with Gasteiger partial charge in [0.2, 0.25) is 0 Å². The zero-order chi connectivity index (χ0) is 13.7. The minimum Gasteiger partial charge on any atom is -0.478 e. The van der Waals surface area contributed by atoms with Crippen LogP contribution < -0.4 is 0 Å². The van der Waals surface area contributed by atoms with Crippen LogP contribution >= 0.6 is 0 Å². The molecular weight excluding hydrogens is 232 g/mol. The molecule has 0 aliphatic heterocycles. The van der Waals surface area contributed by atoms with Crippen molar-refractivity contribution in [3.8, 4) is 0 Å². The van der Waals surface area contributed by atoms with Crippen molar-refractivity contribution in [2.45, 2.75) is 45.6 Å². The fourth-order valence-electron chi connectivity index (χ4n) is 2.05. The number of allylic oxidation sites excluding steroid dienone is 1. The van der Waals surface area contributed by atoms with E-state index in [1.54, 1.807) is 19.9 Å². The SMILES string of the molecule is C=C(C)C(=O)OC1CCC(C=C(C)C(=O)O)CC1. The number of ether oxygens (including phenoxy) is 1. The number of carboxylic acid groups (broad SMARTS) is 1. The lowest BCUT2D eigenvalue weighted by atomic mass is 9.86. The molecule has 1 N–H and O–H groups in total. The zero-order valence-electron chi connectivity index (χ0n) is 10.9. The Morgan fingerprint density at radius 2 is 1.78 bits per heavy atom. The van der Waals surface area contributed by atoms with Crippen molar-refractivity contribution < 1.29 is 19.4 Å². The second kappa shape index (κ2) is 6.38. The van der Waals surface area contributed by atoms with Crippen LogP contribution in [-0.2, 0) is 14.3 Å². The van der Waals surface area contributed by atoms with Crippen molar-refractivity contribution in [3.63, 3.8) is 0 Å². The highest BCUT2D eigenvalue weighted by molar-refractivity contribution is 5.87. The molecule has 0 bridgehead atoms. The maximum atomic E-state index is 11.3. The lowest BCUT2D eigenvalue weighted by molar-refractivity contribution is -0.145. The van der Waals surface area contributed by atoms with Gasteiger partial charge in [-0.3, -0.25) is 0 Å². The minimum atomic E-state index is -0.870. The van der Waals surface area contributed by atoms with Crippen LogP contribution in [0.2, 0.25) is 0 Å². The monoisotopic (exact) mass is 252 g/mol. The number of carboxylic acids is 1. The van der Waals surface area contributed by atoms with Crippen LogP contribution in [0.25, 0.3) is 0 Å². The topological polar surface area (TPSA) is 63.6 Å². The molecular formula is C14H20O4. The van der Waals surface area contributed by atoms with Crippen molar-refractivity contribution in [1.82, 2.24) is 0 Å². The average molecular weight is 252 g/mol. The summed E-state index contributed by atoms with van der Waals surface area (Å²) in [6.07, 6.45) is 5.04. The molecule has 4 heteroatoms. The van der Waals surface area contributed by atoms with E-state index >= 15 is 0 Å². The van der Waals surface area contributed by atoms with Gasteiger partial charge in [-0.2, -0.15) is 0 Å². The standard InChI is InChI=1S/C14H20O4/c1-9(2)14(17)18-12-6-4-11(5-7-12)8-10(3)13(15)16/h8,11-12H,1,4-7H2,2-3H3,(H,15,16). The van der Waals surface area contributed by atoms with Gasteiger partial charge in [0, 0.05) is 11.1 Å². The number of rotatable bonds is 4. The number of carbonyl (C=O) groups is 2. The third-order valence-electron chi connectivity index (χ3n) is 3.16. The highest BCUT2D eigenvalue weighted by Crippen LogP contribution is 2.28. The molecule has 1 fully saturated rings. The van der Waals surface area contributed by atoms with Gasteiger partial charge in [0.25, 0.3) is 0 Å². The Morgan fingerprint density at radius 1 is 1.22 bits per heavy atom. The predicted molar refractivity (Wildman–Crippen MR) is 68.0 cm³/mol. The molecule has 0 heterocycles. The van der Waals surface area contributed by atoms with Crippen molar-refractivity contribution >= 4 is 11.9 Å². The van der Waals surface area contributed by atoms with Crippen molar-refractivity contribution in [2.75, 3.05) is 0 Å². The first-order valence-electron chi connectivity index (χ1n) is 6.18. The van der Waals surface area contributed by atoms with Crippen molar-refractivity contribution in [2.24, 2.45) is 5.92 Å². The van der Waals surface area contributed by atoms with E-state index in [0.717, 1.165) is 25.7 Å². The Balaban J connectivity index is 2.42. The van der Waals surface area contributed by atoms with Crippen LogP contribution in [0.5, 0.6) is 0 Å². The summed E-state index contributed by atoms with van der Waals surface area (Å²) in [5, 5.41) is 8.80. The average Bonchev–Trinajstić information content (AvgIpc) is 2.31. The quantitative estimate of drug-likeness (QED) is 0.617. The smallest absolute Gasteiger partial charge is 0.333 e. The molecule has 0 atom stereocenters. The Labute approximate surface area is 107 Å². The van der Waals surface area contributed by atoms with Crippen LogP contribution in [0.15, 0.2) is 23.8 Å². The number of hydrogen-bond acceptors (Lipinski definition) is 3. The molecule has 4 nitrogen and oxygen atoms in total. The molecule has 1 aliphatic carbocycles. The molecule has 0 unspecified atom stereocenters. The summed E-state index contributed by atoms with van der Waals surface area (Å²) in [5.74, 6) is -0.928. The van der Waals surface area contributed by atoms with E-state index in [4.69, 9.17) is 9.84 Å². The first-order valence-corrected chi connectivity index (χ1v) is 6.18. The molecule has 1 aliphatic rings. The molecule has 0 aromatic carbocycles. The third-order valence-corrected chi connectivity index (χ3v) is 3.16. The van der Waals surface area contributed by atoms with E-state index in [1.807, 2.05) is 0 Å². The first kappa shape index (κ1) is 14.5. The van der Waals surface area contributed by atoms with E-state index in [1.165, 1.54) is 0 Å². The molecule has 1 saturated carbocycles. The van der Waals surface area contributed by atoms with Crippen LogP contribution in [0.3, 0.4) is 0 Å². The second-order valence-corrected chi connectivity index (χ2v) is 4.88. The fraction of sp³-hybridized carbons (Fsp3) is 0.571. The highest BCUT2D eigenvalue weighted by atomic mass is 16.5. The predicted octanol–water partition coefficient (Wildman–Crippen LogP) is 2.70.